The number of hydrogen-bond acceptors (Lipinski definition) is 4. The Hall–Kier alpha value is -3.54. The maximum atomic E-state index is 12.5. The summed E-state index contributed by atoms with van der Waals surface area (Å²) in [6.45, 7) is 3.44. The Morgan fingerprint density at radius 2 is 1.46 bits per heavy atom. The summed E-state index contributed by atoms with van der Waals surface area (Å²) in [6.07, 6.45) is 0. The van der Waals surface area contributed by atoms with Gasteiger partial charge in [-0.2, -0.15) is 0 Å². The van der Waals surface area contributed by atoms with Gasteiger partial charge in [-0.15, -0.1) is 0 Å². The molecule has 0 aliphatic rings. The van der Waals surface area contributed by atoms with Gasteiger partial charge in [-0.1, -0.05) is 30.3 Å². The number of aryl methyl sites for hydroxylation is 2. The molecule has 1 aromatic heterocycles. The molecule has 3 aromatic rings. The number of rotatable bonds is 4. The molecular weight excluding hydrogens is 332 g/mol. The van der Waals surface area contributed by atoms with Crippen molar-refractivity contribution in [1.82, 2.24) is 10.9 Å². The number of amides is 2. The molecule has 6 nitrogen and oxygen atoms in total. The van der Waals surface area contributed by atoms with Gasteiger partial charge in [0, 0.05) is 0 Å². The summed E-state index contributed by atoms with van der Waals surface area (Å²) in [5, 5.41) is 0. The normalized spacial score (nSPS) is 10.2. The van der Waals surface area contributed by atoms with Crippen LogP contribution >= 0.6 is 0 Å². The van der Waals surface area contributed by atoms with E-state index in [1.807, 2.05) is 18.2 Å². The van der Waals surface area contributed by atoms with Crippen molar-refractivity contribution in [2.75, 3.05) is 0 Å². The third-order valence-electron chi connectivity index (χ3n) is 3.68. The molecule has 26 heavy (non-hydrogen) atoms. The van der Waals surface area contributed by atoms with Crippen molar-refractivity contribution in [2.45, 2.75) is 13.8 Å². The highest BCUT2D eigenvalue weighted by atomic mass is 16.5. The van der Waals surface area contributed by atoms with E-state index in [-0.39, 0.29) is 0 Å². The zero-order chi connectivity index (χ0) is 18.5. The van der Waals surface area contributed by atoms with Crippen LogP contribution in [0.1, 0.15) is 32.2 Å². The predicted molar refractivity (Wildman–Crippen MR) is 96.1 cm³/mol. The van der Waals surface area contributed by atoms with Gasteiger partial charge in [0.15, 0.2) is 0 Å². The van der Waals surface area contributed by atoms with Gasteiger partial charge in [-0.05, 0) is 44.2 Å². The van der Waals surface area contributed by atoms with Crippen molar-refractivity contribution in [3.8, 4) is 11.5 Å². The standard InChI is InChI=1S/C20H18N2O4/c1-13-12-17(14(2)25-13)20(24)22-21-19(23)16-10-6-7-11-18(16)26-15-8-4-3-5-9-15/h3-12H,1-2H3,(H,21,23)(H,22,24). The molecule has 0 saturated heterocycles. The fourth-order valence-electron chi connectivity index (χ4n) is 2.46. The summed E-state index contributed by atoms with van der Waals surface area (Å²) < 4.78 is 11.1. The molecular formula is C20H18N2O4. The third kappa shape index (κ3) is 3.92. The largest absolute Gasteiger partial charge is 0.466 e. The number of ether oxygens (including phenoxy) is 1. The minimum atomic E-state index is -0.484. The highest BCUT2D eigenvalue weighted by molar-refractivity contribution is 6.00. The molecule has 0 spiro atoms. The zero-order valence-electron chi connectivity index (χ0n) is 14.4. The number of para-hydroxylation sites is 2. The first-order chi connectivity index (χ1) is 12.5. The summed E-state index contributed by atoms with van der Waals surface area (Å²) in [5.41, 5.74) is 5.46. The minimum Gasteiger partial charge on any atom is -0.466 e. The van der Waals surface area contributed by atoms with Gasteiger partial charge in [0.05, 0.1) is 11.1 Å². The molecule has 0 aliphatic carbocycles. The average molecular weight is 350 g/mol. The van der Waals surface area contributed by atoms with Gasteiger partial charge in [-0.3, -0.25) is 20.4 Å². The Kier molecular flexibility index (Phi) is 5.03. The molecule has 2 N–H and O–H groups in total. The Morgan fingerprint density at radius 3 is 2.12 bits per heavy atom. The highest BCUT2D eigenvalue weighted by Crippen LogP contribution is 2.24. The van der Waals surface area contributed by atoms with E-state index in [9.17, 15) is 9.59 Å². The Balaban J connectivity index is 1.70. The molecule has 0 aliphatic heterocycles. The maximum Gasteiger partial charge on any atom is 0.273 e. The van der Waals surface area contributed by atoms with E-state index >= 15 is 0 Å². The number of hydrogen-bond donors (Lipinski definition) is 2. The second-order valence-corrected chi connectivity index (χ2v) is 5.65. The van der Waals surface area contributed by atoms with E-state index in [0.717, 1.165) is 0 Å². The Bertz CT molecular complexity index is 932. The van der Waals surface area contributed by atoms with Crippen molar-refractivity contribution in [3.05, 3.63) is 83.3 Å². The fourth-order valence-corrected chi connectivity index (χ4v) is 2.46. The van der Waals surface area contributed by atoms with Gasteiger partial charge >= 0.3 is 0 Å². The van der Waals surface area contributed by atoms with Crippen molar-refractivity contribution in [2.24, 2.45) is 0 Å². The van der Waals surface area contributed by atoms with E-state index in [0.29, 0.717) is 34.1 Å². The summed E-state index contributed by atoms with van der Waals surface area (Å²) in [7, 11) is 0. The maximum absolute atomic E-state index is 12.5. The monoisotopic (exact) mass is 350 g/mol. The Labute approximate surface area is 150 Å². The van der Waals surface area contributed by atoms with Gasteiger partial charge in [0.25, 0.3) is 11.8 Å². The molecule has 6 heteroatoms. The number of carbonyl (C=O) groups excluding carboxylic acids is 2. The number of nitrogens with one attached hydrogen (secondary N) is 2. The lowest BCUT2D eigenvalue weighted by atomic mass is 10.2. The van der Waals surface area contributed by atoms with Crippen molar-refractivity contribution in [1.29, 1.82) is 0 Å². The molecule has 3 rings (SSSR count). The van der Waals surface area contributed by atoms with E-state index in [1.54, 1.807) is 56.3 Å². The van der Waals surface area contributed by atoms with Crippen LogP contribution in [0.15, 0.2) is 65.1 Å². The average Bonchev–Trinajstić information content (AvgIpc) is 2.99. The van der Waals surface area contributed by atoms with E-state index in [1.165, 1.54) is 0 Å². The van der Waals surface area contributed by atoms with Gasteiger partial charge in [0.1, 0.15) is 23.0 Å². The van der Waals surface area contributed by atoms with Crippen LogP contribution in [0.5, 0.6) is 11.5 Å². The van der Waals surface area contributed by atoms with Gasteiger partial charge in [0.2, 0.25) is 0 Å². The lowest BCUT2D eigenvalue weighted by Gasteiger charge is -2.12. The first-order valence-electron chi connectivity index (χ1n) is 8.04. The number of hydrazine groups is 1. The van der Waals surface area contributed by atoms with Gasteiger partial charge < -0.3 is 9.15 Å². The fraction of sp³-hybridized carbons (Fsp3) is 0.100. The molecule has 0 bridgehead atoms. The lowest BCUT2D eigenvalue weighted by molar-refractivity contribution is 0.0844. The SMILES string of the molecule is Cc1cc(C(=O)NNC(=O)c2ccccc2Oc2ccccc2)c(C)o1. The number of benzene rings is 2. The summed E-state index contributed by atoms with van der Waals surface area (Å²) in [6, 6.07) is 17.6. The van der Waals surface area contributed by atoms with Crippen molar-refractivity contribution in [3.63, 3.8) is 0 Å². The Morgan fingerprint density at radius 1 is 0.846 bits per heavy atom. The molecule has 0 fully saturated rings. The summed E-state index contributed by atoms with van der Waals surface area (Å²) >= 11 is 0. The van der Waals surface area contributed by atoms with E-state index < -0.39 is 11.8 Å². The van der Waals surface area contributed by atoms with Crippen LogP contribution < -0.4 is 15.6 Å². The smallest absolute Gasteiger partial charge is 0.273 e. The van der Waals surface area contributed by atoms with Crippen LogP contribution in [0, 0.1) is 13.8 Å². The minimum absolute atomic E-state index is 0.303. The number of furan rings is 1. The number of carbonyl (C=O) groups is 2. The summed E-state index contributed by atoms with van der Waals surface area (Å²) in [5.74, 6) is 1.18. The van der Waals surface area contributed by atoms with Crippen LogP contribution in [0.2, 0.25) is 0 Å². The van der Waals surface area contributed by atoms with Crippen LogP contribution in [0.4, 0.5) is 0 Å². The molecule has 0 unspecified atom stereocenters. The quantitative estimate of drug-likeness (QED) is 0.702. The molecule has 1 heterocycles. The van der Waals surface area contributed by atoms with Crippen LogP contribution in [-0.4, -0.2) is 11.8 Å². The predicted octanol–water partition coefficient (Wildman–Crippen LogP) is 3.76. The molecule has 2 amide bonds. The topological polar surface area (TPSA) is 80.6 Å². The highest BCUT2D eigenvalue weighted by Gasteiger charge is 2.16. The van der Waals surface area contributed by atoms with E-state index in [4.69, 9.17) is 9.15 Å². The van der Waals surface area contributed by atoms with Crippen LogP contribution in [0.3, 0.4) is 0 Å². The molecule has 0 saturated carbocycles. The lowest BCUT2D eigenvalue weighted by Crippen LogP contribution is -2.41. The van der Waals surface area contributed by atoms with Crippen molar-refractivity contribution < 1.29 is 18.7 Å². The molecule has 132 valence electrons. The van der Waals surface area contributed by atoms with Gasteiger partial charge in [-0.25, -0.2) is 0 Å². The third-order valence-corrected chi connectivity index (χ3v) is 3.68. The second kappa shape index (κ2) is 7.57. The first kappa shape index (κ1) is 17.3. The molecule has 2 aromatic carbocycles. The second-order valence-electron chi connectivity index (χ2n) is 5.65. The van der Waals surface area contributed by atoms with Crippen LogP contribution in [-0.2, 0) is 0 Å². The van der Waals surface area contributed by atoms with Crippen molar-refractivity contribution >= 4 is 11.8 Å². The molecule has 0 radical (unpaired) electrons. The molecule has 0 atom stereocenters. The summed E-state index contributed by atoms with van der Waals surface area (Å²) in [4.78, 5) is 24.6. The zero-order valence-corrected chi connectivity index (χ0v) is 14.4. The first-order valence-corrected chi connectivity index (χ1v) is 8.04. The van der Waals surface area contributed by atoms with Crippen LogP contribution in [0.25, 0.3) is 0 Å². The van der Waals surface area contributed by atoms with E-state index in [2.05, 4.69) is 10.9 Å².